The number of ether oxygens (including phenoxy) is 1. The average Bonchev–Trinajstić information content (AvgIpc) is 3.48. The number of nitrogen functional groups attached to an aromatic ring is 1. The van der Waals surface area contributed by atoms with Gasteiger partial charge in [0.05, 0.1) is 15.7 Å². The molecule has 6 N–H and O–H groups in total. The van der Waals surface area contributed by atoms with Gasteiger partial charge < -0.3 is 31.3 Å². The summed E-state index contributed by atoms with van der Waals surface area (Å²) in [6.45, 7) is 0. The van der Waals surface area contributed by atoms with Gasteiger partial charge in [0, 0.05) is 18.3 Å². The Hall–Kier alpha value is -4.17. The third-order valence-corrected chi connectivity index (χ3v) is 6.95. The first-order valence-electron chi connectivity index (χ1n) is 11.6. The molecule has 196 valence electrons. The lowest BCUT2D eigenvalue weighted by molar-refractivity contribution is -0.140. The van der Waals surface area contributed by atoms with Gasteiger partial charge in [-0.3, -0.25) is 14.2 Å². The molecule has 4 aromatic rings. The van der Waals surface area contributed by atoms with Crippen LogP contribution in [-0.2, 0) is 20.7 Å². The summed E-state index contributed by atoms with van der Waals surface area (Å²) in [5.41, 5.74) is 8.41. The minimum absolute atomic E-state index is 0.0303. The third kappa shape index (κ3) is 5.26. The molecule has 1 aliphatic rings. The monoisotopic (exact) mass is 536 g/mol. The van der Waals surface area contributed by atoms with Gasteiger partial charge in [0.2, 0.25) is 5.91 Å². The molecule has 0 unspecified atom stereocenters. The topological polar surface area (TPSA) is 182 Å². The zero-order valence-electron chi connectivity index (χ0n) is 19.8. The molecule has 3 heterocycles. The van der Waals surface area contributed by atoms with E-state index in [1.54, 1.807) is 17.6 Å². The molecule has 0 radical (unpaired) electrons. The molecule has 2 amide bonds. The predicted octanol–water partition coefficient (Wildman–Crippen LogP) is 0.421. The van der Waals surface area contributed by atoms with Crippen LogP contribution in [0.4, 0.5) is 11.5 Å². The Kier molecular flexibility index (Phi) is 7.15. The third-order valence-electron chi connectivity index (χ3n) is 6.14. The van der Waals surface area contributed by atoms with Crippen LogP contribution in [0.2, 0.25) is 0 Å². The smallest absolute Gasteiger partial charge is 0.351 e. The number of aromatic nitrogens is 3. The highest BCUT2D eigenvalue weighted by atomic mass is 32.1. The van der Waals surface area contributed by atoms with Crippen molar-refractivity contribution >= 4 is 44.9 Å². The zero-order valence-corrected chi connectivity index (χ0v) is 20.6. The molecule has 1 aliphatic heterocycles. The molecule has 5 rings (SSSR count). The number of nitrogens with zero attached hydrogens (tertiary/aromatic N) is 3. The number of carbonyl (C=O) groups is 2. The van der Waals surface area contributed by atoms with Crippen molar-refractivity contribution in [1.82, 2.24) is 19.9 Å². The minimum Gasteiger partial charge on any atom is -0.387 e. The molecule has 0 saturated carbocycles. The van der Waals surface area contributed by atoms with Gasteiger partial charge in [-0.25, -0.2) is 9.78 Å². The first-order chi connectivity index (χ1) is 18.3. The van der Waals surface area contributed by atoms with Gasteiger partial charge in [-0.2, -0.15) is 4.98 Å². The number of benzene rings is 2. The summed E-state index contributed by atoms with van der Waals surface area (Å²) in [5, 5.41) is 26.5. The van der Waals surface area contributed by atoms with Gasteiger partial charge in [0.1, 0.15) is 24.1 Å². The molecular weight excluding hydrogens is 512 g/mol. The first-order valence-corrected chi connectivity index (χ1v) is 12.5. The summed E-state index contributed by atoms with van der Waals surface area (Å²) in [4.78, 5) is 46.5. The normalized spacial score (nSPS) is 21.7. The van der Waals surface area contributed by atoms with Crippen molar-refractivity contribution < 1.29 is 24.5 Å². The van der Waals surface area contributed by atoms with Gasteiger partial charge in [0.25, 0.3) is 5.91 Å². The maximum Gasteiger partial charge on any atom is 0.351 e. The number of nitrogens with two attached hydrogens (primary N) is 1. The number of amides is 2. The highest BCUT2D eigenvalue weighted by Gasteiger charge is 2.48. The van der Waals surface area contributed by atoms with Crippen LogP contribution in [0.1, 0.15) is 11.8 Å². The van der Waals surface area contributed by atoms with E-state index in [-0.39, 0.29) is 12.2 Å². The van der Waals surface area contributed by atoms with Crippen LogP contribution in [0.5, 0.6) is 0 Å². The molecule has 0 spiro atoms. The van der Waals surface area contributed by atoms with Crippen molar-refractivity contribution in [3.8, 4) is 0 Å². The van der Waals surface area contributed by atoms with E-state index in [4.69, 9.17) is 10.5 Å². The maximum absolute atomic E-state index is 13.3. The van der Waals surface area contributed by atoms with Crippen LogP contribution in [0, 0.1) is 0 Å². The number of aliphatic hydroxyl groups is 2. The molecule has 12 nitrogen and oxygen atoms in total. The number of hydrogen-bond acceptors (Lipinski definition) is 10. The van der Waals surface area contributed by atoms with Crippen molar-refractivity contribution in [1.29, 1.82) is 0 Å². The number of hydrogen-bond donors (Lipinski definition) is 5. The second kappa shape index (κ2) is 10.7. The predicted molar refractivity (Wildman–Crippen MR) is 139 cm³/mol. The molecule has 13 heteroatoms. The number of rotatable bonds is 7. The fourth-order valence-corrected chi connectivity index (χ4v) is 4.86. The zero-order chi connectivity index (χ0) is 26.8. The summed E-state index contributed by atoms with van der Waals surface area (Å²) in [5.74, 6) is -1.36. The van der Waals surface area contributed by atoms with Gasteiger partial charge >= 0.3 is 5.69 Å². The lowest BCUT2D eigenvalue weighted by atomic mass is 10.0. The highest BCUT2D eigenvalue weighted by molar-refractivity contribution is 7.16. The van der Waals surface area contributed by atoms with E-state index in [0.717, 1.165) is 20.3 Å². The molecule has 1 saturated heterocycles. The van der Waals surface area contributed by atoms with Crippen LogP contribution in [0.15, 0.2) is 71.1 Å². The quantitative estimate of drug-likeness (QED) is 0.224. The summed E-state index contributed by atoms with van der Waals surface area (Å²) < 4.78 is 7.47. The molecule has 38 heavy (non-hydrogen) atoms. The first kappa shape index (κ1) is 25.5. The standard InChI is InChI=1S/C25H24N6O6S/c26-18-8-9-31(25(36)30-18)24-20(33)19(32)21(37-24)23(35)29-16(10-13-4-2-1-3-5-13)22(34)28-14-6-7-17-15(11-14)27-12-38-17/h1-9,11-12,16,19-21,24,32-33H,10H2,(H,28,34)(H,29,35)(H2,26,30,36)/t16-,19+,20-,21+,24-/m1/s1. The summed E-state index contributed by atoms with van der Waals surface area (Å²) in [6, 6.07) is 14.7. The van der Waals surface area contributed by atoms with E-state index in [0.29, 0.717) is 5.69 Å². The number of aliphatic hydroxyl groups excluding tert-OH is 2. The summed E-state index contributed by atoms with van der Waals surface area (Å²) in [7, 11) is 0. The van der Waals surface area contributed by atoms with Crippen LogP contribution < -0.4 is 22.1 Å². The Balaban J connectivity index is 1.35. The van der Waals surface area contributed by atoms with Crippen molar-refractivity contribution in [3.05, 3.63) is 82.4 Å². The average molecular weight is 537 g/mol. The Morgan fingerprint density at radius 2 is 1.92 bits per heavy atom. The fourth-order valence-electron chi connectivity index (χ4n) is 4.20. The number of carbonyl (C=O) groups excluding carboxylic acids is 2. The minimum atomic E-state index is -1.67. The van der Waals surface area contributed by atoms with Crippen molar-refractivity contribution in [3.63, 3.8) is 0 Å². The number of fused-ring (bicyclic) bond motifs is 1. The van der Waals surface area contributed by atoms with Crippen molar-refractivity contribution in [2.24, 2.45) is 0 Å². The lowest BCUT2D eigenvalue weighted by Gasteiger charge is -2.22. The van der Waals surface area contributed by atoms with E-state index < -0.39 is 48.1 Å². The molecule has 2 aromatic heterocycles. The summed E-state index contributed by atoms with van der Waals surface area (Å²) >= 11 is 1.48. The van der Waals surface area contributed by atoms with Crippen LogP contribution in [0.25, 0.3) is 10.2 Å². The van der Waals surface area contributed by atoms with E-state index in [1.807, 2.05) is 36.4 Å². The fraction of sp³-hybridized carbons (Fsp3) is 0.240. The van der Waals surface area contributed by atoms with E-state index in [9.17, 15) is 24.6 Å². The lowest BCUT2D eigenvalue weighted by Crippen LogP contribution is -2.51. The Morgan fingerprint density at radius 1 is 1.13 bits per heavy atom. The van der Waals surface area contributed by atoms with Crippen LogP contribution in [-0.4, -0.2) is 60.9 Å². The molecule has 5 atom stereocenters. The van der Waals surface area contributed by atoms with E-state index in [2.05, 4.69) is 20.6 Å². The van der Waals surface area contributed by atoms with E-state index in [1.165, 1.54) is 23.6 Å². The SMILES string of the molecule is Nc1ccn([C@@H]2O[C@H](C(=O)N[C@H](Cc3ccccc3)C(=O)Nc3ccc4scnc4c3)[C@@H](O)[C@H]2O)c(=O)n1. The molecule has 0 aliphatic carbocycles. The Bertz CT molecular complexity index is 1530. The largest absolute Gasteiger partial charge is 0.387 e. The van der Waals surface area contributed by atoms with Crippen molar-refractivity contribution in [2.45, 2.75) is 37.0 Å². The maximum atomic E-state index is 13.3. The Morgan fingerprint density at radius 3 is 2.68 bits per heavy atom. The highest BCUT2D eigenvalue weighted by Crippen LogP contribution is 2.29. The molecule has 2 aromatic carbocycles. The number of thiazole rings is 1. The number of anilines is 2. The van der Waals surface area contributed by atoms with Crippen LogP contribution >= 0.6 is 11.3 Å². The van der Waals surface area contributed by atoms with Gasteiger partial charge in [-0.1, -0.05) is 30.3 Å². The molecule has 1 fully saturated rings. The second-order valence-electron chi connectivity index (χ2n) is 8.75. The summed E-state index contributed by atoms with van der Waals surface area (Å²) in [6.07, 6.45) is -4.83. The van der Waals surface area contributed by atoms with E-state index >= 15 is 0 Å². The number of nitrogens with one attached hydrogen (secondary N) is 2. The van der Waals surface area contributed by atoms with Crippen molar-refractivity contribution in [2.75, 3.05) is 11.1 Å². The van der Waals surface area contributed by atoms with Gasteiger partial charge in [-0.05, 0) is 29.8 Å². The molecular formula is C25H24N6O6S. The van der Waals surface area contributed by atoms with Crippen LogP contribution in [0.3, 0.4) is 0 Å². The van der Waals surface area contributed by atoms with Gasteiger partial charge in [0.15, 0.2) is 12.3 Å². The molecule has 0 bridgehead atoms. The van der Waals surface area contributed by atoms with Gasteiger partial charge in [-0.15, -0.1) is 11.3 Å². The second-order valence-corrected chi connectivity index (χ2v) is 9.63. The Labute approximate surface area is 219 Å².